The zero-order valence-corrected chi connectivity index (χ0v) is 14.1. The number of anilines is 1. The summed E-state index contributed by atoms with van der Waals surface area (Å²) < 4.78 is 0. The Kier molecular flexibility index (Phi) is 5.14. The first-order valence-electron chi connectivity index (χ1n) is 8.76. The van der Waals surface area contributed by atoms with Crippen molar-refractivity contribution >= 4 is 28.3 Å². The molecule has 0 radical (unpaired) electrons. The molecule has 24 heavy (non-hydrogen) atoms. The monoisotopic (exact) mass is 324 g/mol. The highest BCUT2D eigenvalue weighted by atomic mass is 16.2. The quantitative estimate of drug-likeness (QED) is 0.827. The second kappa shape index (κ2) is 7.47. The highest BCUT2D eigenvalue weighted by Crippen LogP contribution is 2.31. The van der Waals surface area contributed by atoms with Crippen LogP contribution in [0.15, 0.2) is 42.5 Å². The fourth-order valence-corrected chi connectivity index (χ4v) is 3.29. The Labute approximate surface area is 142 Å². The fourth-order valence-electron chi connectivity index (χ4n) is 3.29. The van der Waals surface area contributed by atoms with Crippen LogP contribution >= 0.6 is 0 Å². The molecule has 0 aromatic heterocycles. The predicted molar refractivity (Wildman–Crippen MR) is 96.9 cm³/mol. The van der Waals surface area contributed by atoms with Gasteiger partial charge in [-0.05, 0) is 17.9 Å². The minimum absolute atomic E-state index is 0.00203. The van der Waals surface area contributed by atoms with E-state index in [1.54, 1.807) is 4.90 Å². The number of carbonyl (C=O) groups is 2. The summed E-state index contributed by atoms with van der Waals surface area (Å²) in [7, 11) is 0. The molecule has 1 unspecified atom stereocenters. The summed E-state index contributed by atoms with van der Waals surface area (Å²) in [5, 5.41) is 5.13. The second-order valence-electron chi connectivity index (χ2n) is 6.40. The largest absolute Gasteiger partial charge is 0.356 e. The molecule has 0 spiro atoms. The van der Waals surface area contributed by atoms with Gasteiger partial charge < -0.3 is 10.2 Å². The maximum Gasteiger partial charge on any atom is 0.227 e. The number of rotatable bonds is 6. The topological polar surface area (TPSA) is 49.4 Å². The van der Waals surface area contributed by atoms with Gasteiger partial charge in [-0.25, -0.2) is 0 Å². The number of nitrogens with one attached hydrogen (secondary N) is 1. The van der Waals surface area contributed by atoms with Crippen molar-refractivity contribution in [1.29, 1.82) is 0 Å². The van der Waals surface area contributed by atoms with E-state index in [0.717, 1.165) is 35.7 Å². The Morgan fingerprint density at radius 3 is 2.79 bits per heavy atom. The van der Waals surface area contributed by atoms with E-state index in [0.29, 0.717) is 19.5 Å². The summed E-state index contributed by atoms with van der Waals surface area (Å²) in [5.74, 6) is -0.222. The molecule has 1 fully saturated rings. The molecule has 1 aliphatic rings. The first-order chi connectivity index (χ1) is 11.7. The number of hydrogen-bond donors (Lipinski definition) is 1. The fraction of sp³-hybridized carbons (Fsp3) is 0.400. The summed E-state index contributed by atoms with van der Waals surface area (Å²) in [4.78, 5) is 26.5. The van der Waals surface area contributed by atoms with E-state index >= 15 is 0 Å². The Morgan fingerprint density at radius 2 is 1.96 bits per heavy atom. The van der Waals surface area contributed by atoms with E-state index in [2.05, 4.69) is 12.2 Å². The van der Waals surface area contributed by atoms with Gasteiger partial charge in [-0.3, -0.25) is 9.59 Å². The van der Waals surface area contributed by atoms with Gasteiger partial charge in [0.2, 0.25) is 11.8 Å². The molecule has 3 rings (SSSR count). The van der Waals surface area contributed by atoms with E-state index in [-0.39, 0.29) is 17.7 Å². The molecular weight excluding hydrogens is 300 g/mol. The number of nitrogens with zero attached hydrogens (tertiary/aromatic N) is 1. The van der Waals surface area contributed by atoms with Crippen molar-refractivity contribution in [2.75, 3.05) is 18.0 Å². The third-order valence-electron chi connectivity index (χ3n) is 4.63. The first kappa shape index (κ1) is 16.5. The van der Waals surface area contributed by atoms with Crippen LogP contribution in [0, 0.1) is 5.92 Å². The Morgan fingerprint density at radius 1 is 1.17 bits per heavy atom. The summed E-state index contributed by atoms with van der Waals surface area (Å²) >= 11 is 0. The lowest BCUT2D eigenvalue weighted by molar-refractivity contribution is -0.126. The van der Waals surface area contributed by atoms with Crippen molar-refractivity contribution in [3.8, 4) is 0 Å². The number of unbranched alkanes of at least 4 members (excludes halogenated alkanes) is 2. The van der Waals surface area contributed by atoms with Crippen molar-refractivity contribution in [2.45, 2.75) is 32.6 Å². The first-order valence-corrected chi connectivity index (χ1v) is 8.76. The second-order valence-corrected chi connectivity index (χ2v) is 6.40. The van der Waals surface area contributed by atoms with E-state index in [4.69, 9.17) is 0 Å². The number of benzene rings is 2. The van der Waals surface area contributed by atoms with Crippen molar-refractivity contribution in [3.63, 3.8) is 0 Å². The summed E-state index contributed by atoms with van der Waals surface area (Å²) in [5.41, 5.74) is 0.902. The van der Waals surface area contributed by atoms with Crippen molar-refractivity contribution in [2.24, 2.45) is 5.92 Å². The van der Waals surface area contributed by atoms with Crippen LogP contribution in [0.3, 0.4) is 0 Å². The zero-order chi connectivity index (χ0) is 16.9. The third kappa shape index (κ3) is 3.42. The van der Waals surface area contributed by atoms with Gasteiger partial charge in [-0.2, -0.15) is 0 Å². The molecular formula is C20H24N2O2. The highest BCUT2D eigenvalue weighted by Gasteiger charge is 2.35. The molecule has 1 saturated heterocycles. The van der Waals surface area contributed by atoms with Gasteiger partial charge in [-0.15, -0.1) is 0 Å². The van der Waals surface area contributed by atoms with Gasteiger partial charge >= 0.3 is 0 Å². The molecule has 0 aliphatic carbocycles. The molecule has 1 atom stereocenters. The van der Waals surface area contributed by atoms with Gasteiger partial charge in [0.05, 0.1) is 11.6 Å². The van der Waals surface area contributed by atoms with E-state index in [9.17, 15) is 9.59 Å². The molecule has 0 bridgehead atoms. The minimum atomic E-state index is -0.252. The van der Waals surface area contributed by atoms with Crippen LogP contribution in [0.1, 0.15) is 32.6 Å². The van der Waals surface area contributed by atoms with Gasteiger partial charge in [0.1, 0.15) is 0 Å². The predicted octanol–water partition coefficient (Wildman–Crippen LogP) is 3.50. The number of amides is 2. The van der Waals surface area contributed by atoms with Crippen LogP contribution in [0.25, 0.3) is 10.8 Å². The highest BCUT2D eigenvalue weighted by molar-refractivity contribution is 6.06. The van der Waals surface area contributed by atoms with Crippen LogP contribution in [0.4, 0.5) is 5.69 Å². The van der Waals surface area contributed by atoms with Gasteiger partial charge in [0, 0.05) is 24.9 Å². The molecule has 1 N–H and O–H groups in total. The normalized spacial score (nSPS) is 17.5. The minimum Gasteiger partial charge on any atom is -0.356 e. The average molecular weight is 324 g/mol. The van der Waals surface area contributed by atoms with Crippen molar-refractivity contribution in [1.82, 2.24) is 5.32 Å². The van der Waals surface area contributed by atoms with E-state index in [1.165, 1.54) is 0 Å². The molecule has 4 nitrogen and oxygen atoms in total. The molecule has 126 valence electrons. The number of hydrogen-bond acceptors (Lipinski definition) is 2. The third-order valence-corrected chi connectivity index (χ3v) is 4.63. The molecule has 4 heteroatoms. The molecule has 0 saturated carbocycles. The van der Waals surface area contributed by atoms with Crippen LogP contribution in [0.5, 0.6) is 0 Å². The van der Waals surface area contributed by atoms with E-state index in [1.807, 2.05) is 42.5 Å². The van der Waals surface area contributed by atoms with Crippen LogP contribution in [0.2, 0.25) is 0 Å². The van der Waals surface area contributed by atoms with Crippen molar-refractivity contribution in [3.05, 3.63) is 42.5 Å². The van der Waals surface area contributed by atoms with Crippen LogP contribution in [-0.4, -0.2) is 24.9 Å². The van der Waals surface area contributed by atoms with Gasteiger partial charge in [-0.1, -0.05) is 56.2 Å². The average Bonchev–Trinajstić information content (AvgIpc) is 3.00. The SMILES string of the molecule is CCCCCNC(=O)C1CC(=O)N(c2cccc3ccccc23)C1. The molecule has 2 aromatic carbocycles. The Balaban J connectivity index is 1.71. The Hall–Kier alpha value is -2.36. The molecule has 2 aromatic rings. The molecule has 1 aliphatic heterocycles. The number of fused-ring (bicyclic) bond motifs is 1. The standard InChI is InChI=1S/C20H24N2O2/c1-2-3-6-12-21-20(24)16-13-19(23)22(14-16)18-11-7-9-15-8-4-5-10-17(15)18/h4-5,7-11,16H,2-3,6,12-14H2,1H3,(H,21,24). The lowest BCUT2D eigenvalue weighted by atomic mass is 10.1. The van der Waals surface area contributed by atoms with Gasteiger partial charge in [0.15, 0.2) is 0 Å². The number of carbonyl (C=O) groups excluding carboxylic acids is 2. The lowest BCUT2D eigenvalue weighted by Gasteiger charge is -2.19. The Bertz CT molecular complexity index is 736. The maximum atomic E-state index is 12.5. The molecule has 1 heterocycles. The maximum absolute atomic E-state index is 12.5. The van der Waals surface area contributed by atoms with Gasteiger partial charge in [0.25, 0.3) is 0 Å². The zero-order valence-electron chi connectivity index (χ0n) is 14.1. The lowest BCUT2D eigenvalue weighted by Crippen LogP contribution is -2.33. The molecule has 2 amide bonds. The van der Waals surface area contributed by atoms with Crippen LogP contribution in [-0.2, 0) is 9.59 Å². The smallest absolute Gasteiger partial charge is 0.227 e. The van der Waals surface area contributed by atoms with Crippen molar-refractivity contribution < 1.29 is 9.59 Å². The summed E-state index contributed by atoms with van der Waals surface area (Å²) in [6.07, 6.45) is 3.54. The van der Waals surface area contributed by atoms with E-state index < -0.39 is 0 Å². The van der Waals surface area contributed by atoms with Crippen LogP contribution < -0.4 is 10.2 Å². The summed E-state index contributed by atoms with van der Waals surface area (Å²) in [6, 6.07) is 14.0. The summed E-state index contributed by atoms with van der Waals surface area (Å²) in [6.45, 7) is 3.30.